The van der Waals surface area contributed by atoms with Gasteiger partial charge >= 0.3 is 0 Å². The molecule has 0 aliphatic rings. The molecule has 0 unspecified atom stereocenters. The molecular weight excluding hydrogens is 452 g/mol. The van der Waals surface area contributed by atoms with Crippen LogP contribution in [0.1, 0.15) is 11.1 Å². The Labute approximate surface area is 192 Å². The van der Waals surface area contributed by atoms with Crippen molar-refractivity contribution < 1.29 is 22.7 Å². The van der Waals surface area contributed by atoms with Gasteiger partial charge < -0.3 is 14.8 Å². The van der Waals surface area contributed by atoms with Crippen molar-refractivity contribution in [3.63, 3.8) is 0 Å². The highest BCUT2D eigenvalue weighted by Gasteiger charge is 2.15. The summed E-state index contributed by atoms with van der Waals surface area (Å²) in [4.78, 5) is 12.2. The molecule has 0 aliphatic carbocycles. The predicted molar refractivity (Wildman–Crippen MR) is 125 cm³/mol. The first kappa shape index (κ1) is 23.4. The second-order valence-corrected chi connectivity index (χ2v) is 9.15. The first-order valence-electron chi connectivity index (χ1n) is 9.64. The molecular formula is C23H23ClN2O5S. The zero-order chi connectivity index (χ0) is 23.3. The van der Waals surface area contributed by atoms with Crippen LogP contribution in [0.5, 0.6) is 11.5 Å². The van der Waals surface area contributed by atoms with E-state index in [0.29, 0.717) is 22.9 Å². The lowest BCUT2D eigenvalue weighted by Crippen LogP contribution is -2.20. The second-order valence-electron chi connectivity index (χ2n) is 7.06. The van der Waals surface area contributed by atoms with Gasteiger partial charge in [0.2, 0.25) is 0 Å². The van der Waals surface area contributed by atoms with E-state index < -0.39 is 10.0 Å². The number of aryl methyl sites for hydroxylation is 2. The lowest BCUT2D eigenvalue weighted by atomic mass is 10.1. The first-order valence-corrected chi connectivity index (χ1v) is 11.5. The zero-order valence-corrected chi connectivity index (χ0v) is 19.4. The summed E-state index contributed by atoms with van der Waals surface area (Å²) in [5, 5.41) is 3.05. The number of hydrogen-bond donors (Lipinski definition) is 2. The number of hydrogen-bond acceptors (Lipinski definition) is 5. The smallest absolute Gasteiger partial charge is 0.262 e. The van der Waals surface area contributed by atoms with Crippen LogP contribution in [0, 0.1) is 13.8 Å². The lowest BCUT2D eigenvalue weighted by Gasteiger charge is -2.11. The minimum Gasteiger partial charge on any atom is -0.495 e. The van der Waals surface area contributed by atoms with Crippen LogP contribution in [0.3, 0.4) is 0 Å². The summed E-state index contributed by atoms with van der Waals surface area (Å²) < 4.78 is 38.2. The Kier molecular flexibility index (Phi) is 7.27. The maximum atomic E-state index is 12.6. The molecule has 0 atom stereocenters. The van der Waals surface area contributed by atoms with Crippen molar-refractivity contribution in [2.45, 2.75) is 18.7 Å². The molecule has 0 radical (unpaired) electrons. The van der Waals surface area contributed by atoms with Crippen molar-refractivity contribution in [2.24, 2.45) is 0 Å². The Bertz CT molecular complexity index is 1230. The molecule has 0 aliphatic heterocycles. The SMILES string of the molecule is COc1ccc(NS(=O)(=O)c2ccc(OCC(=O)Nc3ccc(C)c(C)c3)cc2)cc1Cl. The average molecular weight is 475 g/mol. The van der Waals surface area contributed by atoms with Gasteiger partial charge in [0.05, 0.1) is 22.7 Å². The third-order valence-electron chi connectivity index (χ3n) is 4.70. The van der Waals surface area contributed by atoms with Gasteiger partial charge in [-0.15, -0.1) is 0 Å². The number of halogens is 1. The van der Waals surface area contributed by atoms with Gasteiger partial charge in [0.25, 0.3) is 15.9 Å². The fraction of sp³-hybridized carbons (Fsp3) is 0.174. The number of rotatable bonds is 8. The summed E-state index contributed by atoms with van der Waals surface area (Å²) in [6.45, 7) is 3.76. The van der Waals surface area contributed by atoms with E-state index in [9.17, 15) is 13.2 Å². The molecule has 3 aromatic rings. The van der Waals surface area contributed by atoms with E-state index in [0.717, 1.165) is 11.1 Å². The molecule has 2 N–H and O–H groups in total. The normalized spacial score (nSPS) is 11.0. The standard InChI is InChI=1S/C23H23ClN2O5S/c1-15-4-5-17(12-16(15)2)25-23(27)14-31-19-7-9-20(10-8-19)32(28,29)26-18-6-11-22(30-3)21(24)13-18/h4-13,26H,14H2,1-3H3,(H,25,27). The highest BCUT2D eigenvalue weighted by molar-refractivity contribution is 7.92. The molecule has 0 saturated carbocycles. The van der Waals surface area contributed by atoms with Crippen LogP contribution < -0.4 is 19.5 Å². The summed E-state index contributed by atoms with van der Waals surface area (Å²) in [7, 11) is -2.36. The Morgan fingerprint density at radius 3 is 2.25 bits per heavy atom. The van der Waals surface area contributed by atoms with Crippen molar-refractivity contribution in [3.05, 3.63) is 76.8 Å². The summed E-state index contributed by atoms with van der Waals surface area (Å²) in [6, 6.07) is 16.0. The topological polar surface area (TPSA) is 93.7 Å². The number of ether oxygens (including phenoxy) is 2. The van der Waals surface area contributed by atoms with Crippen LogP contribution >= 0.6 is 11.6 Å². The summed E-state index contributed by atoms with van der Waals surface area (Å²) in [6.07, 6.45) is 0. The van der Waals surface area contributed by atoms with Gasteiger partial charge in [0, 0.05) is 5.69 Å². The van der Waals surface area contributed by atoms with E-state index in [1.165, 1.54) is 37.4 Å². The van der Waals surface area contributed by atoms with Gasteiger partial charge in [-0.2, -0.15) is 0 Å². The number of methoxy groups -OCH3 is 1. The first-order chi connectivity index (χ1) is 15.2. The molecule has 0 bridgehead atoms. The maximum Gasteiger partial charge on any atom is 0.262 e. The Morgan fingerprint density at radius 1 is 0.938 bits per heavy atom. The number of benzene rings is 3. The lowest BCUT2D eigenvalue weighted by molar-refractivity contribution is -0.118. The van der Waals surface area contributed by atoms with E-state index in [4.69, 9.17) is 21.1 Å². The van der Waals surface area contributed by atoms with Crippen LogP contribution in [-0.2, 0) is 14.8 Å². The summed E-state index contributed by atoms with van der Waals surface area (Å²) in [5.74, 6) is 0.493. The van der Waals surface area contributed by atoms with Gasteiger partial charge in [-0.25, -0.2) is 8.42 Å². The quantitative estimate of drug-likeness (QED) is 0.490. The third-order valence-corrected chi connectivity index (χ3v) is 6.39. The van der Waals surface area contributed by atoms with Crippen molar-refractivity contribution in [1.82, 2.24) is 0 Å². The van der Waals surface area contributed by atoms with Crippen molar-refractivity contribution in [2.75, 3.05) is 23.8 Å². The molecule has 3 aromatic carbocycles. The van der Waals surface area contributed by atoms with Gasteiger partial charge in [-0.3, -0.25) is 9.52 Å². The van der Waals surface area contributed by atoms with Crippen LogP contribution in [-0.4, -0.2) is 28.0 Å². The van der Waals surface area contributed by atoms with Gasteiger partial charge in [-0.05, 0) is 79.6 Å². The van der Waals surface area contributed by atoms with Crippen LogP contribution in [0.15, 0.2) is 65.6 Å². The second kappa shape index (κ2) is 9.93. The molecule has 0 spiro atoms. The Balaban J connectivity index is 1.59. The van der Waals surface area contributed by atoms with Crippen LogP contribution in [0.4, 0.5) is 11.4 Å². The highest BCUT2D eigenvalue weighted by Crippen LogP contribution is 2.28. The van der Waals surface area contributed by atoms with E-state index in [1.54, 1.807) is 12.1 Å². The Morgan fingerprint density at radius 2 is 1.62 bits per heavy atom. The Hall–Kier alpha value is -3.23. The van der Waals surface area contributed by atoms with E-state index in [-0.39, 0.29) is 22.4 Å². The van der Waals surface area contributed by atoms with Crippen molar-refractivity contribution in [1.29, 1.82) is 0 Å². The molecule has 7 nitrogen and oxygen atoms in total. The summed E-state index contributed by atoms with van der Waals surface area (Å²) >= 11 is 6.04. The van der Waals surface area contributed by atoms with E-state index >= 15 is 0 Å². The fourth-order valence-corrected chi connectivity index (χ4v) is 4.13. The zero-order valence-electron chi connectivity index (χ0n) is 17.8. The third kappa shape index (κ3) is 5.93. The molecule has 3 rings (SSSR count). The monoisotopic (exact) mass is 474 g/mol. The number of carbonyl (C=O) groups excluding carboxylic acids is 1. The van der Waals surface area contributed by atoms with E-state index in [1.807, 2.05) is 32.0 Å². The number of anilines is 2. The maximum absolute atomic E-state index is 12.6. The van der Waals surface area contributed by atoms with Crippen LogP contribution in [0.2, 0.25) is 5.02 Å². The van der Waals surface area contributed by atoms with Gasteiger partial charge in [0.1, 0.15) is 11.5 Å². The summed E-state index contributed by atoms with van der Waals surface area (Å²) in [5.41, 5.74) is 3.21. The number of nitrogens with one attached hydrogen (secondary N) is 2. The number of sulfonamides is 1. The molecule has 32 heavy (non-hydrogen) atoms. The number of amides is 1. The van der Waals surface area contributed by atoms with Crippen molar-refractivity contribution >= 4 is 38.9 Å². The molecule has 0 saturated heterocycles. The minimum atomic E-state index is -3.83. The van der Waals surface area contributed by atoms with Crippen LogP contribution in [0.25, 0.3) is 0 Å². The molecule has 168 valence electrons. The molecule has 1 amide bonds. The number of carbonyl (C=O) groups is 1. The average Bonchev–Trinajstić information content (AvgIpc) is 2.75. The molecule has 0 heterocycles. The van der Waals surface area contributed by atoms with Gasteiger partial charge in [-0.1, -0.05) is 17.7 Å². The molecule has 0 aromatic heterocycles. The van der Waals surface area contributed by atoms with Crippen molar-refractivity contribution in [3.8, 4) is 11.5 Å². The molecule has 0 fully saturated rings. The minimum absolute atomic E-state index is 0.0383. The fourth-order valence-electron chi connectivity index (χ4n) is 2.82. The largest absolute Gasteiger partial charge is 0.495 e. The van der Waals surface area contributed by atoms with Gasteiger partial charge in [0.15, 0.2) is 6.61 Å². The predicted octanol–water partition coefficient (Wildman–Crippen LogP) is 4.78. The molecule has 9 heteroatoms. The van der Waals surface area contributed by atoms with E-state index in [2.05, 4.69) is 10.0 Å². The highest BCUT2D eigenvalue weighted by atomic mass is 35.5.